The summed E-state index contributed by atoms with van der Waals surface area (Å²) >= 11 is 0. The molecule has 0 aromatic heterocycles. The molecule has 0 spiro atoms. The summed E-state index contributed by atoms with van der Waals surface area (Å²) in [4.78, 5) is 2.13. The van der Waals surface area contributed by atoms with Crippen LogP contribution in [0.2, 0.25) is 0 Å². The zero-order valence-electron chi connectivity index (χ0n) is 10.4. The molecule has 1 atom stereocenters. The van der Waals surface area contributed by atoms with Gasteiger partial charge in [-0.15, -0.1) is 0 Å². The van der Waals surface area contributed by atoms with Crippen LogP contribution in [0.5, 0.6) is 0 Å². The van der Waals surface area contributed by atoms with Crippen molar-refractivity contribution in [2.24, 2.45) is 5.73 Å². The van der Waals surface area contributed by atoms with Crippen LogP contribution in [0.4, 0.5) is 0 Å². The second kappa shape index (κ2) is 5.80. The number of sulfone groups is 1. The summed E-state index contributed by atoms with van der Waals surface area (Å²) in [6.07, 6.45) is 2.17. The third kappa shape index (κ3) is 4.62. The Morgan fingerprint density at radius 3 is 2.47 bits per heavy atom. The first-order valence-electron chi connectivity index (χ1n) is 6.04. The van der Waals surface area contributed by atoms with Crippen LogP contribution in [0.25, 0.3) is 0 Å². The smallest absolute Gasteiger partial charge is 0.152 e. The van der Waals surface area contributed by atoms with Gasteiger partial charge in [0.05, 0.1) is 17.6 Å². The van der Waals surface area contributed by atoms with E-state index in [1.165, 1.54) is 0 Å². The van der Waals surface area contributed by atoms with Crippen LogP contribution in [-0.2, 0) is 9.84 Å². The summed E-state index contributed by atoms with van der Waals surface area (Å²) in [6.45, 7) is 3.96. The highest BCUT2D eigenvalue weighted by Gasteiger charge is 2.24. The highest BCUT2D eigenvalue weighted by atomic mass is 32.2. The molecule has 1 unspecified atom stereocenters. The topological polar surface area (TPSA) is 87.2 Å². The lowest BCUT2D eigenvalue weighted by Crippen LogP contribution is -2.42. The predicted molar refractivity (Wildman–Crippen MR) is 67.2 cm³/mol. The SMILES string of the molecule is CCC(N)(C#N)CCCN1CCS(=O)(=O)CC1. The molecule has 1 heterocycles. The first-order valence-corrected chi connectivity index (χ1v) is 7.86. The second-order valence-corrected chi connectivity index (χ2v) is 7.02. The van der Waals surface area contributed by atoms with E-state index in [-0.39, 0.29) is 11.5 Å². The normalized spacial score (nSPS) is 23.8. The van der Waals surface area contributed by atoms with Gasteiger partial charge in [-0.1, -0.05) is 6.92 Å². The van der Waals surface area contributed by atoms with Crippen LogP contribution in [0.1, 0.15) is 26.2 Å². The number of hydrogen-bond donors (Lipinski definition) is 1. The van der Waals surface area contributed by atoms with Gasteiger partial charge >= 0.3 is 0 Å². The van der Waals surface area contributed by atoms with Gasteiger partial charge in [0, 0.05) is 13.1 Å². The predicted octanol–water partition coefficient (Wildman–Crippen LogP) is 0.128. The van der Waals surface area contributed by atoms with E-state index < -0.39 is 15.4 Å². The molecule has 0 bridgehead atoms. The Kier molecular flexibility index (Phi) is 4.92. The van der Waals surface area contributed by atoms with Gasteiger partial charge in [-0.05, 0) is 25.8 Å². The molecule has 0 saturated carbocycles. The van der Waals surface area contributed by atoms with E-state index in [9.17, 15) is 8.42 Å². The van der Waals surface area contributed by atoms with Gasteiger partial charge in [0.25, 0.3) is 0 Å². The van der Waals surface area contributed by atoms with E-state index in [1.54, 1.807) is 0 Å². The minimum absolute atomic E-state index is 0.257. The van der Waals surface area contributed by atoms with Crippen LogP contribution in [0.15, 0.2) is 0 Å². The molecule has 1 fully saturated rings. The molecule has 0 aromatic rings. The van der Waals surface area contributed by atoms with Crippen molar-refractivity contribution in [2.45, 2.75) is 31.7 Å². The lowest BCUT2D eigenvalue weighted by Gasteiger charge is -2.27. The van der Waals surface area contributed by atoms with E-state index >= 15 is 0 Å². The summed E-state index contributed by atoms with van der Waals surface area (Å²) in [6, 6.07) is 2.14. The first-order chi connectivity index (χ1) is 7.91. The highest BCUT2D eigenvalue weighted by Crippen LogP contribution is 2.14. The molecule has 1 aliphatic heterocycles. The van der Waals surface area contributed by atoms with Crippen LogP contribution >= 0.6 is 0 Å². The molecule has 17 heavy (non-hydrogen) atoms. The zero-order valence-corrected chi connectivity index (χ0v) is 11.2. The van der Waals surface area contributed by atoms with Crippen molar-refractivity contribution < 1.29 is 8.42 Å². The fourth-order valence-electron chi connectivity index (χ4n) is 1.90. The largest absolute Gasteiger partial charge is 0.313 e. The average Bonchev–Trinajstić information content (AvgIpc) is 2.31. The number of hydrogen-bond acceptors (Lipinski definition) is 5. The van der Waals surface area contributed by atoms with E-state index in [4.69, 9.17) is 11.0 Å². The van der Waals surface area contributed by atoms with Gasteiger partial charge < -0.3 is 10.6 Å². The minimum atomic E-state index is -2.80. The highest BCUT2D eigenvalue weighted by molar-refractivity contribution is 7.91. The van der Waals surface area contributed by atoms with Crippen molar-refractivity contribution in [3.05, 3.63) is 0 Å². The molecule has 2 N–H and O–H groups in total. The second-order valence-electron chi connectivity index (χ2n) is 4.72. The molecule has 6 heteroatoms. The van der Waals surface area contributed by atoms with E-state index in [2.05, 4.69) is 11.0 Å². The molecule has 0 radical (unpaired) electrons. The molecular formula is C11H21N3O2S. The Balaban J connectivity index is 2.27. The van der Waals surface area contributed by atoms with Crippen molar-refractivity contribution >= 4 is 9.84 Å². The van der Waals surface area contributed by atoms with Crippen LogP contribution in [0, 0.1) is 11.3 Å². The Morgan fingerprint density at radius 2 is 2.00 bits per heavy atom. The number of nitrogens with two attached hydrogens (primary N) is 1. The average molecular weight is 259 g/mol. The molecule has 0 aromatic carbocycles. The van der Waals surface area contributed by atoms with Gasteiger partial charge in [0.15, 0.2) is 9.84 Å². The van der Waals surface area contributed by atoms with Gasteiger partial charge in [0.2, 0.25) is 0 Å². The number of nitriles is 1. The minimum Gasteiger partial charge on any atom is -0.313 e. The third-order valence-corrected chi connectivity index (χ3v) is 5.00. The van der Waals surface area contributed by atoms with Gasteiger partial charge in [-0.25, -0.2) is 8.42 Å². The van der Waals surface area contributed by atoms with Gasteiger partial charge in [-0.3, -0.25) is 0 Å². The van der Waals surface area contributed by atoms with E-state index in [0.29, 0.717) is 25.9 Å². The van der Waals surface area contributed by atoms with Crippen molar-refractivity contribution in [2.75, 3.05) is 31.1 Å². The summed E-state index contributed by atoms with van der Waals surface area (Å²) in [7, 11) is -2.80. The summed E-state index contributed by atoms with van der Waals surface area (Å²) in [5, 5.41) is 8.92. The molecule has 1 rings (SSSR count). The van der Waals surface area contributed by atoms with Crippen LogP contribution in [-0.4, -0.2) is 50.0 Å². The molecule has 98 valence electrons. The Labute approximate surface area is 104 Å². The Morgan fingerprint density at radius 1 is 1.41 bits per heavy atom. The fraction of sp³-hybridized carbons (Fsp3) is 0.909. The molecule has 1 aliphatic rings. The quantitative estimate of drug-likeness (QED) is 0.758. The lowest BCUT2D eigenvalue weighted by atomic mass is 9.93. The summed E-state index contributed by atoms with van der Waals surface area (Å²) in [5.74, 6) is 0.513. The van der Waals surface area contributed by atoms with Crippen molar-refractivity contribution in [1.29, 1.82) is 5.26 Å². The number of rotatable bonds is 5. The number of nitrogens with zero attached hydrogens (tertiary/aromatic N) is 2. The monoisotopic (exact) mass is 259 g/mol. The van der Waals surface area contributed by atoms with Gasteiger partial charge in [0.1, 0.15) is 5.54 Å². The standard InChI is InChI=1S/C11H21N3O2S/c1-2-11(13,10-12)4-3-5-14-6-8-17(15,16)9-7-14/h2-9,13H2,1H3. The fourth-order valence-corrected chi connectivity index (χ4v) is 3.18. The summed E-state index contributed by atoms with van der Waals surface area (Å²) < 4.78 is 22.5. The lowest BCUT2D eigenvalue weighted by molar-refractivity contribution is 0.279. The molecule has 1 saturated heterocycles. The Bertz CT molecular complexity index is 374. The van der Waals surface area contributed by atoms with Crippen molar-refractivity contribution in [3.8, 4) is 6.07 Å². The maximum atomic E-state index is 11.2. The first kappa shape index (κ1) is 14.4. The zero-order chi connectivity index (χ0) is 12.9. The molecular weight excluding hydrogens is 238 g/mol. The van der Waals surface area contributed by atoms with Gasteiger partial charge in [-0.2, -0.15) is 5.26 Å². The molecule has 5 nitrogen and oxygen atoms in total. The molecule has 0 amide bonds. The van der Waals surface area contributed by atoms with E-state index in [1.807, 2.05) is 6.92 Å². The van der Waals surface area contributed by atoms with Crippen molar-refractivity contribution in [3.63, 3.8) is 0 Å². The van der Waals surface area contributed by atoms with E-state index in [0.717, 1.165) is 13.0 Å². The van der Waals surface area contributed by atoms with Crippen molar-refractivity contribution in [1.82, 2.24) is 4.90 Å². The maximum Gasteiger partial charge on any atom is 0.152 e. The maximum absolute atomic E-state index is 11.2. The molecule has 0 aliphatic carbocycles. The van der Waals surface area contributed by atoms with Crippen LogP contribution in [0.3, 0.4) is 0 Å². The third-order valence-electron chi connectivity index (χ3n) is 3.39. The summed E-state index contributed by atoms with van der Waals surface area (Å²) in [5.41, 5.74) is 5.16. The Hall–Kier alpha value is -0.640. The van der Waals surface area contributed by atoms with Crippen LogP contribution < -0.4 is 5.73 Å².